The first-order valence-electron chi connectivity index (χ1n) is 10.4. The molecule has 0 atom stereocenters. The summed E-state index contributed by atoms with van der Waals surface area (Å²) in [6.45, 7) is 2.23. The van der Waals surface area contributed by atoms with Crippen molar-refractivity contribution < 1.29 is 19.0 Å². The van der Waals surface area contributed by atoms with Gasteiger partial charge >= 0.3 is 5.97 Å². The van der Waals surface area contributed by atoms with Gasteiger partial charge in [0.1, 0.15) is 18.1 Å². The number of benzene rings is 3. The number of hydrogen-bond acceptors (Lipinski definition) is 4. The summed E-state index contributed by atoms with van der Waals surface area (Å²) in [5, 5.41) is 0. The van der Waals surface area contributed by atoms with E-state index in [4.69, 9.17) is 9.47 Å². The normalized spacial score (nSPS) is 10.6. The van der Waals surface area contributed by atoms with Crippen LogP contribution in [-0.4, -0.2) is 24.3 Å². The smallest absolute Gasteiger partial charge is 0.343 e. The molecule has 1 aromatic heterocycles. The Kier molecular flexibility index (Phi) is 6.56. The molecule has 0 fully saturated rings. The number of rotatable bonds is 8. The first-order chi connectivity index (χ1) is 15.6. The second-order valence-electron chi connectivity index (χ2n) is 7.39. The Bertz CT molecular complexity index is 1130. The Morgan fingerprint density at radius 3 is 2.28 bits per heavy atom. The lowest BCUT2D eigenvalue weighted by Crippen LogP contribution is -2.13. The molecule has 0 N–H and O–H groups in total. The largest absolute Gasteiger partial charge is 0.489 e. The Morgan fingerprint density at radius 1 is 0.875 bits per heavy atom. The minimum Gasteiger partial charge on any atom is -0.489 e. The molecule has 5 nitrogen and oxygen atoms in total. The van der Waals surface area contributed by atoms with Gasteiger partial charge in [0, 0.05) is 17.4 Å². The van der Waals surface area contributed by atoms with Gasteiger partial charge in [0.15, 0.2) is 6.61 Å². The highest BCUT2D eigenvalue weighted by Gasteiger charge is 2.11. The molecule has 0 amide bonds. The quantitative estimate of drug-likeness (QED) is 0.344. The molecule has 0 aliphatic carbocycles. The number of aromatic nitrogens is 1. The van der Waals surface area contributed by atoms with Crippen LogP contribution in [-0.2, 0) is 16.1 Å². The van der Waals surface area contributed by atoms with Gasteiger partial charge in [0.2, 0.25) is 0 Å². The van der Waals surface area contributed by atoms with Gasteiger partial charge in [-0.2, -0.15) is 0 Å². The van der Waals surface area contributed by atoms with Crippen molar-refractivity contribution in [3.05, 3.63) is 102 Å². The molecule has 4 rings (SSSR count). The molecule has 0 bridgehead atoms. The highest BCUT2D eigenvalue weighted by atomic mass is 16.6. The Labute approximate surface area is 187 Å². The van der Waals surface area contributed by atoms with Gasteiger partial charge in [-0.3, -0.25) is 0 Å². The van der Waals surface area contributed by atoms with Crippen LogP contribution in [0.25, 0.3) is 16.9 Å². The molecule has 3 aromatic carbocycles. The summed E-state index contributed by atoms with van der Waals surface area (Å²) in [4.78, 5) is 11.3. The van der Waals surface area contributed by atoms with Crippen LogP contribution in [0.2, 0.25) is 0 Å². The molecule has 5 heteroatoms. The minimum absolute atomic E-state index is 0.118. The van der Waals surface area contributed by atoms with Crippen molar-refractivity contribution in [1.82, 2.24) is 4.57 Å². The van der Waals surface area contributed by atoms with Crippen molar-refractivity contribution in [1.29, 1.82) is 0 Å². The van der Waals surface area contributed by atoms with Crippen LogP contribution in [0.15, 0.2) is 91.1 Å². The number of methoxy groups -OCH3 is 1. The third kappa shape index (κ3) is 5.01. The van der Waals surface area contributed by atoms with Crippen molar-refractivity contribution in [2.45, 2.75) is 13.5 Å². The predicted octanol–water partition coefficient (Wildman–Crippen LogP) is 5.58. The predicted molar refractivity (Wildman–Crippen MR) is 124 cm³/mol. The van der Waals surface area contributed by atoms with E-state index in [2.05, 4.69) is 45.8 Å². The number of ether oxygens (including phenoxy) is 3. The maximum Gasteiger partial charge on any atom is 0.343 e. The zero-order valence-corrected chi connectivity index (χ0v) is 18.2. The molecule has 0 spiro atoms. The summed E-state index contributed by atoms with van der Waals surface area (Å²) in [7, 11) is 1.34. The topological polar surface area (TPSA) is 49.7 Å². The lowest BCUT2D eigenvalue weighted by molar-refractivity contribution is -0.142. The summed E-state index contributed by atoms with van der Waals surface area (Å²) in [6.07, 6.45) is 2.11. The van der Waals surface area contributed by atoms with E-state index in [-0.39, 0.29) is 6.61 Å². The second kappa shape index (κ2) is 9.88. The molecule has 0 aliphatic heterocycles. The van der Waals surface area contributed by atoms with Crippen LogP contribution in [0, 0.1) is 6.92 Å². The highest BCUT2D eigenvalue weighted by molar-refractivity contribution is 5.71. The third-order valence-electron chi connectivity index (χ3n) is 5.11. The molecule has 1 heterocycles. The van der Waals surface area contributed by atoms with Crippen molar-refractivity contribution in [2.75, 3.05) is 13.7 Å². The van der Waals surface area contributed by atoms with Gasteiger partial charge in [-0.05, 0) is 54.4 Å². The molecule has 0 saturated carbocycles. The minimum atomic E-state index is -0.415. The van der Waals surface area contributed by atoms with Crippen molar-refractivity contribution >= 4 is 5.97 Å². The van der Waals surface area contributed by atoms with Crippen LogP contribution in [0.5, 0.6) is 11.5 Å². The van der Waals surface area contributed by atoms with Gasteiger partial charge in [0.25, 0.3) is 0 Å². The fraction of sp³-hybridized carbons (Fsp3) is 0.148. The molecule has 4 aromatic rings. The van der Waals surface area contributed by atoms with E-state index in [9.17, 15) is 4.79 Å². The van der Waals surface area contributed by atoms with E-state index < -0.39 is 5.97 Å². The first-order valence-corrected chi connectivity index (χ1v) is 10.4. The summed E-state index contributed by atoms with van der Waals surface area (Å²) in [5.41, 5.74) is 5.30. The molecular weight excluding hydrogens is 402 g/mol. The number of nitrogens with zero attached hydrogens (tertiary/aromatic N) is 1. The van der Waals surface area contributed by atoms with Gasteiger partial charge in [-0.1, -0.05) is 48.5 Å². The van der Waals surface area contributed by atoms with Gasteiger partial charge in [-0.15, -0.1) is 0 Å². The molecule has 0 aliphatic rings. The molecule has 0 saturated heterocycles. The van der Waals surface area contributed by atoms with Gasteiger partial charge in [-0.25, -0.2) is 4.79 Å². The van der Waals surface area contributed by atoms with Crippen molar-refractivity contribution in [3.63, 3.8) is 0 Å². The summed E-state index contributed by atoms with van der Waals surface area (Å²) < 4.78 is 18.3. The number of para-hydroxylation sites is 1. The fourth-order valence-corrected chi connectivity index (χ4v) is 3.47. The maximum atomic E-state index is 11.3. The van der Waals surface area contributed by atoms with E-state index in [1.807, 2.05) is 55.5 Å². The third-order valence-corrected chi connectivity index (χ3v) is 5.11. The van der Waals surface area contributed by atoms with Crippen molar-refractivity contribution in [3.8, 4) is 28.4 Å². The average Bonchev–Trinajstić information content (AvgIpc) is 3.27. The van der Waals surface area contributed by atoms with E-state index in [1.165, 1.54) is 7.11 Å². The maximum absolute atomic E-state index is 11.3. The van der Waals surface area contributed by atoms with E-state index in [0.29, 0.717) is 12.4 Å². The van der Waals surface area contributed by atoms with E-state index in [1.54, 1.807) is 6.07 Å². The number of esters is 1. The zero-order valence-electron chi connectivity index (χ0n) is 18.2. The fourth-order valence-electron chi connectivity index (χ4n) is 3.47. The monoisotopic (exact) mass is 427 g/mol. The summed E-state index contributed by atoms with van der Waals surface area (Å²) in [6, 6.07) is 28.3. The average molecular weight is 428 g/mol. The number of aryl methyl sites for hydroxylation is 1. The molecule has 162 valence electrons. The molecule has 0 radical (unpaired) electrons. The lowest BCUT2D eigenvalue weighted by Gasteiger charge is -2.10. The number of carbonyl (C=O) groups is 1. The van der Waals surface area contributed by atoms with Crippen LogP contribution < -0.4 is 9.47 Å². The molecular formula is C27H25NO4. The van der Waals surface area contributed by atoms with Crippen LogP contribution >= 0.6 is 0 Å². The lowest BCUT2D eigenvalue weighted by atomic mass is 10.1. The highest BCUT2D eigenvalue weighted by Crippen LogP contribution is 2.28. The Morgan fingerprint density at radius 2 is 1.59 bits per heavy atom. The van der Waals surface area contributed by atoms with E-state index in [0.717, 1.165) is 33.8 Å². The number of carbonyl (C=O) groups excluding carboxylic acids is 1. The summed E-state index contributed by atoms with van der Waals surface area (Å²) in [5.74, 6) is 0.952. The molecule has 32 heavy (non-hydrogen) atoms. The van der Waals surface area contributed by atoms with Crippen LogP contribution in [0.1, 0.15) is 11.1 Å². The SMILES string of the molecule is COC(=O)COc1ccc(OCc2cc(-c3ccccc3)n(-c3ccccc3)c2)cc1C. The Hall–Kier alpha value is -3.99. The van der Waals surface area contributed by atoms with E-state index >= 15 is 0 Å². The van der Waals surface area contributed by atoms with Crippen molar-refractivity contribution in [2.24, 2.45) is 0 Å². The number of hydrogen-bond donors (Lipinski definition) is 0. The molecule has 0 unspecified atom stereocenters. The summed E-state index contributed by atoms with van der Waals surface area (Å²) >= 11 is 0. The van der Waals surface area contributed by atoms with Gasteiger partial charge in [0.05, 0.1) is 12.8 Å². The van der Waals surface area contributed by atoms with Crippen LogP contribution in [0.3, 0.4) is 0 Å². The van der Waals surface area contributed by atoms with Crippen LogP contribution in [0.4, 0.5) is 0 Å². The zero-order chi connectivity index (χ0) is 22.3. The second-order valence-corrected chi connectivity index (χ2v) is 7.39. The van der Waals surface area contributed by atoms with Gasteiger partial charge < -0.3 is 18.8 Å². The Balaban J connectivity index is 1.52. The standard InChI is InChI=1S/C27H25NO4/c1-20-15-24(13-14-26(20)32-19-27(29)30-2)31-18-21-16-25(22-9-5-3-6-10-22)28(17-21)23-11-7-4-8-12-23/h3-17H,18-19H2,1-2H3. The first kappa shape index (κ1) is 21.2.